The average Bonchev–Trinajstić information content (AvgIpc) is 2.02. The van der Waals surface area contributed by atoms with E-state index in [0.717, 1.165) is 0 Å². The molecule has 4 nitrogen and oxygen atoms in total. The van der Waals surface area contributed by atoms with Gasteiger partial charge in [0.25, 0.3) is 17.2 Å². The minimum Gasteiger partial charge on any atom is -0.385 e. The van der Waals surface area contributed by atoms with Crippen molar-refractivity contribution in [2.45, 2.75) is 6.43 Å². The zero-order valence-corrected chi connectivity index (χ0v) is 7.44. The second-order valence-electron chi connectivity index (χ2n) is 2.46. The van der Waals surface area contributed by atoms with E-state index in [4.69, 9.17) is 17.3 Å². The van der Waals surface area contributed by atoms with Crippen LogP contribution in [0.2, 0.25) is 0 Å². The van der Waals surface area contributed by atoms with E-state index in [9.17, 15) is 18.4 Å². The van der Waals surface area contributed by atoms with E-state index >= 15 is 0 Å². The van der Waals surface area contributed by atoms with Crippen molar-refractivity contribution in [3.05, 3.63) is 27.5 Å². The van der Waals surface area contributed by atoms with Crippen LogP contribution in [-0.4, -0.2) is 10.2 Å². The van der Waals surface area contributed by atoms with Crippen molar-refractivity contribution in [2.24, 2.45) is 0 Å². The smallest absolute Gasteiger partial charge is 0.267 e. The van der Waals surface area contributed by atoms with Gasteiger partial charge in [0.2, 0.25) is 0 Å². The number of pyridine rings is 1. The van der Waals surface area contributed by atoms with Gasteiger partial charge in [0.1, 0.15) is 5.82 Å². The summed E-state index contributed by atoms with van der Waals surface area (Å²) in [5.74, 6) is -0.466. The Kier molecular flexibility index (Phi) is 2.85. The minimum absolute atomic E-state index is 0.466. The molecule has 76 valence electrons. The quantitative estimate of drug-likeness (QED) is 0.740. The highest BCUT2D eigenvalue weighted by Crippen LogP contribution is 2.22. The first kappa shape index (κ1) is 10.6. The van der Waals surface area contributed by atoms with E-state index in [0.29, 0.717) is 6.07 Å². The molecule has 0 radical (unpaired) electrons. The largest absolute Gasteiger partial charge is 0.385 e. The van der Waals surface area contributed by atoms with Crippen LogP contribution in [0.3, 0.4) is 0 Å². The number of nitrogen functional groups attached to an aromatic ring is 1. The van der Waals surface area contributed by atoms with Crippen molar-refractivity contribution in [1.29, 1.82) is 0 Å². The van der Waals surface area contributed by atoms with Gasteiger partial charge in [0.05, 0.1) is 11.1 Å². The number of carbonyl (C=O) groups is 1. The van der Waals surface area contributed by atoms with E-state index in [1.165, 1.54) is 0 Å². The topological polar surface area (TPSA) is 76.0 Å². The highest BCUT2D eigenvalue weighted by molar-refractivity contribution is 6.67. The molecule has 0 atom stereocenters. The maximum absolute atomic E-state index is 12.2. The molecule has 1 aromatic heterocycles. The van der Waals surface area contributed by atoms with E-state index in [1.54, 1.807) is 0 Å². The molecule has 0 saturated heterocycles. The number of nitrogens with one attached hydrogen (secondary N) is 1. The fourth-order valence-electron chi connectivity index (χ4n) is 0.887. The molecule has 1 rings (SSSR count). The lowest BCUT2D eigenvalue weighted by molar-refractivity contribution is 0.107. The number of aromatic nitrogens is 1. The molecule has 1 heterocycles. The number of nitrogens with two attached hydrogens (primary N) is 1. The Morgan fingerprint density at radius 1 is 1.57 bits per heavy atom. The Bertz CT molecular complexity index is 430. The van der Waals surface area contributed by atoms with E-state index in [1.807, 2.05) is 4.98 Å². The molecule has 0 aliphatic rings. The number of rotatable bonds is 2. The molecule has 14 heavy (non-hydrogen) atoms. The summed E-state index contributed by atoms with van der Waals surface area (Å²) in [6, 6.07) is 0.689. The monoisotopic (exact) mass is 222 g/mol. The predicted octanol–water partition coefficient (Wildman–Crippen LogP) is 1.27. The van der Waals surface area contributed by atoms with Crippen molar-refractivity contribution in [2.75, 3.05) is 5.73 Å². The predicted molar refractivity (Wildman–Crippen MR) is 46.6 cm³/mol. The normalized spacial score (nSPS) is 10.6. The molecule has 0 unspecified atom stereocenters. The lowest BCUT2D eigenvalue weighted by atomic mass is 10.2. The Morgan fingerprint density at radius 3 is 2.57 bits per heavy atom. The van der Waals surface area contributed by atoms with Gasteiger partial charge in [-0.1, -0.05) is 0 Å². The molecule has 7 heteroatoms. The number of aromatic amines is 1. The van der Waals surface area contributed by atoms with Crippen LogP contribution >= 0.6 is 11.6 Å². The Labute approximate surface area is 81.7 Å². The fourth-order valence-corrected chi connectivity index (χ4v) is 1.03. The Balaban J connectivity index is 3.42. The van der Waals surface area contributed by atoms with Gasteiger partial charge in [0.15, 0.2) is 0 Å². The van der Waals surface area contributed by atoms with Gasteiger partial charge in [-0.15, -0.1) is 0 Å². The van der Waals surface area contributed by atoms with Crippen molar-refractivity contribution < 1.29 is 13.6 Å². The molecule has 0 aliphatic heterocycles. The molecule has 0 spiro atoms. The number of alkyl halides is 2. The molecular weight excluding hydrogens is 218 g/mol. The number of hydrogen-bond acceptors (Lipinski definition) is 3. The van der Waals surface area contributed by atoms with Crippen molar-refractivity contribution in [1.82, 2.24) is 4.98 Å². The molecule has 0 aromatic carbocycles. The first-order valence-electron chi connectivity index (χ1n) is 3.44. The highest BCUT2D eigenvalue weighted by atomic mass is 35.5. The third-order valence-corrected chi connectivity index (χ3v) is 1.75. The number of anilines is 1. The SMILES string of the molecule is Nc1[nH]c(=O)c(C(=O)Cl)cc1C(F)F. The molecule has 1 aromatic rings. The lowest BCUT2D eigenvalue weighted by Gasteiger charge is -2.04. The first-order chi connectivity index (χ1) is 6.43. The van der Waals surface area contributed by atoms with E-state index < -0.39 is 34.2 Å². The van der Waals surface area contributed by atoms with Gasteiger partial charge in [-0.2, -0.15) is 0 Å². The molecule has 3 N–H and O–H groups in total. The van der Waals surface area contributed by atoms with Gasteiger partial charge in [0, 0.05) is 0 Å². The Morgan fingerprint density at radius 2 is 2.14 bits per heavy atom. The fraction of sp³-hybridized carbons (Fsp3) is 0.143. The summed E-state index contributed by atoms with van der Waals surface area (Å²) >= 11 is 4.99. The van der Waals surface area contributed by atoms with Crippen molar-refractivity contribution in [3.63, 3.8) is 0 Å². The zero-order valence-electron chi connectivity index (χ0n) is 6.68. The summed E-state index contributed by atoms with van der Waals surface area (Å²) in [6.07, 6.45) is -2.87. The molecule has 0 aliphatic carbocycles. The van der Waals surface area contributed by atoms with Crippen LogP contribution in [0, 0.1) is 0 Å². The molecule has 0 bridgehead atoms. The highest BCUT2D eigenvalue weighted by Gasteiger charge is 2.17. The summed E-state index contributed by atoms with van der Waals surface area (Å²) in [5.41, 5.74) is 3.06. The van der Waals surface area contributed by atoms with Crippen LogP contribution in [-0.2, 0) is 0 Å². The van der Waals surface area contributed by atoms with Crippen LogP contribution in [0.5, 0.6) is 0 Å². The number of H-pyrrole nitrogens is 1. The maximum Gasteiger partial charge on any atom is 0.267 e. The van der Waals surface area contributed by atoms with Gasteiger partial charge in [-0.25, -0.2) is 8.78 Å². The third-order valence-electron chi connectivity index (χ3n) is 1.55. The second kappa shape index (κ2) is 3.75. The van der Waals surface area contributed by atoms with Crippen LogP contribution in [0.25, 0.3) is 0 Å². The van der Waals surface area contributed by atoms with Crippen LogP contribution in [0.1, 0.15) is 22.3 Å². The van der Waals surface area contributed by atoms with E-state index in [2.05, 4.69) is 0 Å². The van der Waals surface area contributed by atoms with E-state index in [-0.39, 0.29) is 0 Å². The van der Waals surface area contributed by atoms with Crippen molar-refractivity contribution >= 4 is 22.7 Å². The second-order valence-corrected chi connectivity index (χ2v) is 2.80. The number of hydrogen-bond donors (Lipinski definition) is 2. The van der Waals surface area contributed by atoms with Gasteiger partial charge in [-0.05, 0) is 17.7 Å². The molecular formula is C7H5ClF2N2O2. The first-order valence-corrected chi connectivity index (χ1v) is 3.82. The number of halogens is 3. The number of carbonyl (C=O) groups excluding carboxylic acids is 1. The zero-order chi connectivity index (χ0) is 10.9. The van der Waals surface area contributed by atoms with Gasteiger partial charge >= 0.3 is 0 Å². The standard InChI is InChI=1S/C7H5ClF2N2O2/c8-4(13)2-1-3(5(9)10)6(11)12-7(2)14/h1,5H,(H3,11,12,14). The maximum atomic E-state index is 12.2. The van der Waals surface area contributed by atoms with Gasteiger partial charge in [-0.3, -0.25) is 9.59 Å². The summed E-state index contributed by atoms with van der Waals surface area (Å²) in [5, 5.41) is -1.10. The lowest BCUT2D eigenvalue weighted by Crippen LogP contribution is -2.18. The molecule has 0 amide bonds. The van der Waals surface area contributed by atoms with Crippen LogP contribution < -0.4 is 11.3 Å². The summed E-state index contributed by atoms with van der Waals surface area (Å²) < 4.78 is 24.5. The van der Waals surface area contributed by atoms with Crippen LogP contribution in [0.4, 0.5) is 14.6 Å². The summed E-state index contributed by atoms with van der Waals surface area (Å²) in [6.45, 7) is 0. The molecule has 0 saturated carbocycles. The van der Waals surface area contributed by atoms with Crippen LogP contribution in [0.15, 0.2) is 10.9 Å². The minimum atomic E-state index is -2.87. The third kappa shape index (κ3) is 1.90. The van der Waals surface area contributed by atoms with Crippen molar-refractivity contribution in [3.8, 4) is 0 Å². The molecule has 0 fully saturated rings. The van der Waals surface area contributed by atoms with Gasteiger partial charge < -0.3 is 10.7 Å². The average molecular weight is 223 g/mol. The summed E-state index contributed by atoms with van der Waals surface area (Å²) in [7, 11) is 0. The summed E-state index contributed by atoms with van der Waals surface area (Å²) in [4.78, 5) is 23.5. The Hall–Kier alpha value is -1.43.